The third-order valence-corrected chi connectivity index (χ3v) is 3.94. The van der Waals surface area contributed by atoms with Gasteiger partial charge in [-0.3, -0.25) is 4.79 Å². The van der Waals surface area contributed by atoms with Crippen LogP contribution in [0.1, 0.15) is 44.1 Å². The molecule has 1 fully saturated rings. The molecule has 2 N–H and O–H groups in total. The van der Waals surface area contributed by atoms with Gasteiger partial charge < -0.3 is 10.6 Å². The molecule has 0 radical (unpaired) electrons. The molecule has 1 saturated carbocycles. The van der Waals surface area contributed by atoms with Crippen LogP contribution in [0.2, 0.25) is 0 Å². The summed E-state index contributed by atoms with van der Waals surface area (Å²) in [6.45, 7) is 1.60. The van der Waals surface area contributed by atoms with Crippen LogP contribution in [0.25, 0.3) is 0 Å². The number of rotatable bonds is 6. The second-order valence-electron chi connectivity index (χ2n) is 5.65. The lowest BCUT2D eigenvalue weighted by Crippen LogP contribution is -2.37. The Bertz CT molecular complexity index is 389. The van der Waals surface area contributed by atoms with Crippen molar-refractivity contribution >= 4 is 18.3 Å². The standard InChI is InChI=1S/C17H26N2O.ClH/c20-17(14-15-8-4-3-5-9-15)19-13-12-18-16-10-6-1-2-7-11-16;/h3-5,8-9,16,18H,1-2,6-7,10-14H2,(H,19,20);1H. The highest BCUT2D eigenvalue weighted by Crippen LogP contribution is 2.16. The van der Waals surface area contributed by atoms with E-state index in [0.29, 0.717) is 12.5 Å². The van der Waals surface area contributed by atoms with Crippen LogP contribution in [0.5, 0.6) is 0 Å². The third kappa shape index (κ3) is 7.49. The summed E-state index contributed by atoms with van der Waals surface area (Å²) in [4.78, 5) is 11.8. The molecule has 0 heterocycles. The first kappa shape index (κ1) is 18.0. The van der Waals surface area contributed by atoms with E-state index in [2.05, 4.69) is 10.6 Å². The second kappa shape index (κ2) is 10.6. The van der Waals surface area contributed by atoms with Gasteiger partial charge in [0.05, 0.1) is 6.42 Å². The van der Waals surface area contributed by atoms with Gasteiger partial charge >= 0.3 is 0 Å². The maximum atomic E-state index is 11.8. The Kier molecular flexibility index (Phi) is 9.11. The predicted molar refractivity (Wildman–Crippen MR) is 89.9 cm³/mol. The highest BCUT2D eigenvalue weighted by molar-refractivity contribution is 5.85. The van der Waals surface area contributed by atoms with Gasteiger partial charge in [0.1, 0.15) is 0 Å². The van der Waals surface area contributed by atoms with Crippen LogP contribution in [0.15, 0.2) is 30.3 Å². The van der Waals surface area contributed by atoms with Crippen LogP contribution in [0.4, 0.5) is 0 Å². The molecule has 0 atom stereocenters. The second-order valence-corrected chi connectivity index (χ2v) is 5.65. The molecule has 3 nitrogen and oxygen atoms in total. The normalized spacial score (nSPS) is 15.8. The van der Waals surface area contributed by atoms with E-state index in [9.17, 15) is 4.79 Å². The van der Waals surface area contributed by atoms with Crippen molar-refractivity contribution in [2.24, 2.45) is 0 Å². The van der Waals surface area contributed by atoms with Crippen molar-refractivity contribution in [3.63, 3.8) is 0 Å². The number of carbonyl (C=O) groups is 1. The monoisotopic (exact) mass is 310 g/mol. The molecule has 0 spiro atoms. The average molecular weight is 311 g/mol. The van der Waals surface area contributed by atoms with Crippen molar-refractivity contribution in [3.05, 3.63) is 35.9 Å². The third-order valence-electron chi connectivity index (χ3n) is 3.94. The van der Waals surface area contributed by atoms with Crippen LogP contribution in [-0.4, -0.2) is 25.0 Å². The summed E-state index contributed by atoms with van der Waals surface area (Å²) < 4.78 is 0. The van der Waals surface area contributed by atoms with Crippen LogP contribution in [-0.2, 0) is 11.2 Å². The lowest BCUT2D eigenvalue weighted by atomic mass is 10.1. The van der Waals surface area contributed by atoms with Crippen molar-refractivity contribution < 1.29 is 4.79 Å². The van der Waals surface area contributed by atoms with E-state index in [4.69, 9.17) is 0 Å². The number of benzene rings is 1. The Labute approximate surface area is 134 Å². The molecule has 0 saturated heterocycles. The molecule has 118 valence electrons. The molecule has 2 rings (SSSR count). The van der Waals surface area contributed by atoms with E-state index >= 15 is 0 Å². The first-order chi connectivity index (χ1) is 9.84. The van der Waals surface area contributed by atoms with Crippen molar-refractivity contribution in [1.29, 1.82) is 0 Å². The van der Waals surface area contributed by atoms with Gasteiger partial charge in [0.15, 0.2) is 0 Å². The quantitative estimate of drug-likeness (QED) is 0.626. The zero-order valence-corrected chi connectivity index (χ0v) is 13.5. The molecule has 4 heteroatoms. The van der Waals surface area contributed by atoms with Crippen molar-refractivity contribution in [3.8, 4) is 0 Å². The molecule has 1 aliphatic carbocycles. The molecule has 1 amide bonds. The number of hydrogen-bond acceptors (Lipinski definition) is 2. The summed E-state index contributed by atoms with van der Waals surface area (Å²) in [5, 5.41) is 6.55. The van der Waals surface area contributed by atoms with E-state index in [1.807, 2.05) is 30.3 Å². The highest BCUT2D eigenvalue weighted by Gasteiger charge is 2.11. The zero-order valence-electron chi connectivity index (χ0n) is 12.6. The van der Waals surface area contributed by atoms with E-state index in [1.54, 1.807) is 0 Å². The summed E-state index contributed by atoms with van der Waals surface area (Å²) in [5.74, 6) is 0.110. The summed E-state index contributed by atoms with van der Waals surface area (Å²) in [6, 6.07) is 10.5. The van der Waals surface area contributed by atoms with Gasteiger partial charge in [-0.1, -0.05) is 56.0 Å². The first-order valence-corrected chi connectivity index (χ1v) is 7.88. The predicted octanol–water partition coefficient (Wildman–Crippen LogP) is 3.08. The summed E-state index contributed by atoms with van der Waals surface area (Å²) >= 11 is 0. The van der Waals surface area contributed by atoms with Gasteiger partial charge in [0.25, 0.3) is 0 Å². The molecule has 0 aliphatic heterocycles. The number of carbonyl (C=O) groups excluding carboxylic acids is 1. The van der Waals surface area contributed by atoms with Crippen molar-refractivity contribution in [1.82, 2.24) is 10.6 Å². The molecular formula is C17H27ClN2O. The van der Waals surface area contributed by atoms with Crippen LogP contribution >= 0.6 is 12.4 Å². The number of hydrogen-bond donors (Lipinski definition) is 2. The van der Waals surface area contributed by atoms with Gasteiger partial charge in [-0.15, -0.1) is 12.4 Å². The molecule has 1 aromatic rings. The Morgan fingerprint density at radius 1 is 1.00 bits per heavy atom. The van der Waals surface area contributed by atoms with Gasteiger partial charge in [-0.05, 0) is 18.4 Å². The minimum atomic E-state index is 0. The van der Waals surface area contributed by atoms with Crippen molar-refractivity contribution in [2.45, 2.75) is 51.0 Å². The minimum absolute atomic E-state index is 0. The largest absolute Gasteiger partial charge is 0.355 e. The van der Waals surface area contributed by atoms with E-state index in [-0.39, 0.29) is 18.3 Å². The Hall–Kier alpha value is -1.06. The summed E-state index contributed by atoms with van der Waals surface area (Å²) in [7, 11) is 0. The molecule has 0 unspecified atom stereocenters. The van der Waals surface area contributed by atoms with E-state index < -0.39 is 0 Å². The van der Waals surface area contributed by atoms with Crippen LogP contribution < -0.4 is 10.6 Å². The maximum Gasteiger partial charge on any atom is 0.224 e. The fraction of sp³-hybridized carbons (Fsp3) is 0.588. The SMILES string of the molecule is Cl.O=C(Cc1ccccc1)NCCNC1CCCCCC1. The minimum Gasteiger partial charge on any atom is -0.355 e. The van der Waals surface area contributed by atoms with Gasteiger partial charge in [0, 0.05) is 19.1 Å². The number of amides is 1. The Balaban J connectivity index is 0.00000220. The van der Waals surface area contributed by atoms with E-state index in [1.165, 1.54) is 38.5 Å². The molecule has 1 aliphatic rings. The first-order valence-electron chi connectivity index (χ1n) is 7.88. The van der Waals surface area contributed by atoms with Crippen molar-refractivity contribution in [2.75, 3.05) is 13.1 Å². The lowest BCUT2D eigenvalue weighted by molar-refractivity contribution is -0.120. The van der Waals surface area contributed by atoms with E-state index in [0.717, 1.165) is 18.7 Å². The smallest absolute Gasteiger partial charge is 0.224 e. The fourth-order valence-corrected chi connectivity index (χ4v) is 2.81. The number of halogens is 1. The Morgan fingerprint density at radius 3 is 2.33 bits per heavy atom. The molecule has 0 aromatic heterocycles. The molecule has 0 bridgehead atoms. The van der Waals surface area contributed by atoms with Crippen LogP contribution in [0, 0.1) is 0 Å². The fourth-order valence-electron chi connectivity index (χ4n) is 2.81. The Morgan fingerprint density at radius 2 is 1.67 bits per heavy atom. The summed E-state index contributed by atoms with van der Waals surface area (Å²) in [5.41, 5.74) is 1.07. The average Bonchev–Trinajstić information content (AvgIpc) is 2.73. The van der Waals surface area contributed by atoms with Gasteiger partial charge in [-0.25, -0.2) is 0 Å². The zero-order chi connectivity index (χ0) is 14.0. The van der Waals surface area contributed by atoms with Gasteiger partial charge in [-0.2, -0.15) is 0 Å². The number of nitrogens with one attached hydrogen (secondary N) is 2. The highest BCUT2D eigenvalue weighted by atomic mass is 35.5. The molecule has 1 aromatic carbocycles. The lowest BCUT2D eigenvalue weighted by Gasteiger charge is -2.16. The molecule has 21 heavy (non-hydrogen) atoms. The molecular weight excluding hydrogens is 284 g/mol. The summed E-state index contributed by atoms with van der Waals surface area (Å²) in [6.07, 6.45) is 8.51. The topological polar surface area (TPSA) is 41.1 Å². The van der Waals surface area contributed by atoms with Crippen LogP contribution in [0.3, 0.4) is 0 Å². The van der Waals surface area contributed by atoms with Gasteiger partial charge in [0.2, 0.25) is 5.91 Å². The maximum absolute atomic E-state index is 11.8.